The third-order valence-corrected chi connectivity index (χ3v) is 8.08. The number of carbonyl (C=O) groups excluding carboxylic acids is 1. The molecule has 2 aromatic heterocycles. The number of nitrogens with zero attached hydrogens (tertiary/aromatic N) is 3. The predicted molar refractivity (Wildman–Crippen MR) is 162 cm³/mol. The molecule has 0 bridgehead atoms. The van der Waals surface area contributed by atoms with Crippen molar-refractivity contribution in [2.75, 3.05) is 19.8 Å². The maximum absolute atomic E-state index is 13.6. The second-order valence-corrected chi connectivity index (χ2v) is 10.7. The van der Waals surface area contributed by atoms with Crippen LogP contribution in [0.1, 0.15) is 52.8 Å². The Labute approximate surface area is 240 Å². The van der Waals surface area contributed by atoms with Crippen molar-refractivity contribution in [1.29, 1.82) is 0 Å². The summed E-state index contributed by atoms with van der Waals surface area (Å²) in [6.45, 7) is 8.68. The molecular weight excluding hydrogens is 514 g/mol. The van der Waals surface area contributed by atoms with Gasteiger partial charge in [0.05, 0.1) is 36.7 Å². The van der Waals surface area contributed by atoms with E-state index in [0.717, 1.165) is 73.9 Å². The molecule has 0 unspecified atom stereocenters. The first-order chi connectivity index (χ1) is 20.0. The van der Waals surface area contributed by atoms with E-state index in [4.69, 9.17) is 19.3 Å². The summed E-state index contributed by atoms with van der Waals surface area (Å²) in [5.74, 6) is 0.602. The van der Waals surface area contributed by atoms with Crippen molar-refractivity contribution in [3.63, 3.8) is 0 Å². The van der Waals surface area contributed by atoms with Gasteiger partial charge in [0, 0.05) is 42.1 Å². The molecule has 0 amide bonds. The molecule has 1 aliphatic heterocycles. The Morgan fingerprint density at radius 3 is 2.71 bits per heavy atom. The molecule has 6 rings (SSSR count). The van der Waals surface area contributed by atoms with Crippen LogP contribution in [0.3, 0.4) is 0 Å². The van der Waals surface area contributed by atoms with Gasteiger partial charge < -0.3 is 18.8 Å². The lowest BCUT2D eigenvalue weighted by Gasteiger charge is -2.18. The molecule has 0 spiro atoms. The second kappa shape index (κ2) is 11.4. The highest BCUT2D eigenvalue weighted by Crippen LogP contribution is 2.41. The topological polar surface area (TPSA) is 67.5 Å². The first-order valence-electron chi connectivity index (χ1n) is 14.5. The molecule has 212 valence electrons. The van der Waals surface area contributed by atoms with Gasteiger partial charge in [0.1, 0.15) is 11.4 Å². The molecule has 3 aromatic carbocycles. The average Bonchev–Trinajstić information content (AvgIpc) is 3.43. The van der Waals surface area contributed by atoms with Crippen LogP contribution in [0.4, 0.5) is 0 Å². The second-order valence-electron chi connectivity index (χ2n) is 10.7. The minimum Gasteiger partial charge on any atom is -0.493 e. The molecule has 0 fully saturated rings. The number of esters is 1. The first kappa shape index (κ1) is 27.1. The van der Waals surface area contributed by atoms with Gasteiger partial charge in [0.25, 0.3) is 0 Å². The zero-order chi connectivity index (χ0) is 28.5. The predicted octanol–water partition coefficient (Wildman–Crippen LogP) is 6.92. The zero-order valence-corrected chi connectivity index (χ0v) is 24.3. The van der Waals surface area contributed by atoms with Crippen molar-refractivity contribution in [3.05, 3.63) is 82.8 Å². The summed E-state index contributed by atoms with van der Waals surface area (Å²) < 4.78 is 22.1. The summed E-state index contributed by atoms with van der Waals surface area (Å²) in [5, 5.41) is 8.12. The number of hydrogen-bond acceptors (Lipinski definition) is 5. The molecular formula is C34H37N3O4. The Hall–Kier alpha value is -4.10. The molecule has 0 aliphatic carbocycles. The minimum atomic E-state index is -0.279. The molecule has 7 heteroatoms. The third kappa shape index (κ3) is 4.88. The van der Waals surface area contributed by atoms with Crippen molar-refractivity contribution in [2.45, 2.75) is 53.2 Å². The molecule has 0 atom stereocenters. The first-order valence-corrected chi connectivity index (χ1v) is 14.5. The number of fused-ring (bicyclic) bond motifs is 3. The SMILES string of the molecule is CCOC(=O)c1c(CCCOc2cccc3ccccc23)c2ccc(C)c3c2n1CCCOCc1c-3c(C)nn1C. The van der Waals surface area contributed by atoms with Gasteiger partial charge >= 0.3 is 5.97 Å². The van der Waals surface area contributed by atoms with Crippen LogP contribution in [-0.2, 0) is 36.1 Å². The van der Waals surface area contributed by atoms with Crippen LogP contribution < -0.4 is 4.74 Å². The summed E-state index contributed by atoms with van der Waals surface area (Å²) in [5.41, 5.74) is 8.11. The van der Waals surface area contributed by atoms with E-state index in [2.05, 4.69) is 41.8 Å². The fourth-order valence-corrected chi connectivity index (χ4v) is 6.29. The largest absolute Gasteiger partial charge is 0.493 e. The Morgan fingerprint density at radius 2 is 1.85 bits per heavy atom. The number of rotatable bonds is 7. The van der Waals surface area contributed by atoms with Crippen LogP contribution >= 0.6 is 0 Å². The van der Waals surface area contributed by atoms with E-state index in [1.165, 1.54) is 0 Å². The van der Waals surface area contributed by atoms with Crippen LogP contribution in [0.25, 0.3) is 32.8 Å². The molecule has 5 aromatic rings. The quantitative estimate of drug-likeness (QED) is 0.162. The molecule has 7 nitrogen and oxygen atoms in total. The van der Waals surface area contributed by atoms with Crippen LogP contribution in [0.15, 0.2) is 54.6 Å². The van der Waals surface area contributed by atoms with Gasteiger partial charge in [0.15, 0.2) is 0 Å². The zero-order valence-electron chi connectivity index (χ0n) is 24.3. The Balaban J connectivity index is 1.44. The van der Waals surface area contributed by atoms with Crippen molar-refractivity contribution in [3.8, 4) is 16.9 Å². The fraction of sp³-hybridized carbons (Fsp3) is 0.353. The highest BCUT2D eigenvalue weighted by Gasteiger charge is 2.29. The van der Waals surface area contributed by atoms with Gasteiger partial charge in [-0.2, -0.15) is 5.10 Å². The number of benzene rings is 3. The minimum absolute atomic E-state index is 0.279. The molecule has 41 heavy (non-hydrogen) atoms. The monoisotopic (exact) mass is 551 g/mol. The van der Waals surface area contributed by atoms with E-state index in [1.54, 1.807) is 0 Å². The Kier molecular flexibility index (Phi) is 7.54. The summed E-state index contributed by atoms with van der Waals surface area (Å²) in [4.78, 5) is 13.6. The maximum Gasteiger partial charge on any atom is 0.355 e. The Bertz CT molecular complexity index is 1740. The number of aromatic nitrogens is 3. The van der Waals surface area contributed by atoms with E-state index >= 15 is 0 Å². The lowest BCUT2D eigenvalue weighted by Crippen LogP contribution is -2.16. The van der Waals surface area contributed by atoms with E-state index in [-0.39, 0.29) is 5.97 Å². The fourth-order valence-electron chi connectivity index (χ4n) is 6.29. The molecule has 0 N–H and O–H groups in total. The number of carbonyl (C=O) groups is 1. The highest BCUT2D eigenvalue weighted by molar-refractivity contribution is 6.05. The number of hydrogen-bond donors (Lipinski definition) is 0. The van der Waals surface area contributed by atoms with Crippen molar-refractivity contribution in [2.24, 2.45) is 7.05 Å². The lowest BCUT2D eigenvalue weighted by molar-refractivity contribution is 0.0511. The summed E-state index contributed by atoms with van der Waals surface area (Å²) in [7, 11) is 1.97. The number of ether oxygens (including phenoxy) is 3. The average molecular weight is 552 g/mol. The van der Waals surface area contributed by atoms with Crippen molar-refractivity contribution < 1.29 is 19.0 Å². The van der Waals surface area contributed by atoms with Gasteiger partial charge in [-0.1, -0.05) is 48.5 Å². The van der Waals surface area contributed by atoms with Gasteiger partial charge in [-0.25, -0.2) is 4.79 Å². The van der Waals surface area contributed by atoms with Gasteiger partial charge in [-0.15, -0.1) is 0 Å². The highest BCUT2D eigenvalue weighted by atomic mass is 16.5. The van der Waals surface area contributed by atoms with Crippen LogP contribution in [0.5, 0.6) is 5.75 Å². The Morgan fingerprint density at radius 1 is 1.02 bits per heavy atom. The summed E-state index contributed by atoms with van der Waals surface area (Å²) >= 11 is 0. The maximum atomic E-state index is 13.6. The van der Waals surface area contributed by atoms with Crippen LogP contribution in [0, 0.1) is 13.8 Å². The van der Waals surface area contributed by atoms with Gasteiger partial charge in [-0.05, 0) is 62.6 Å². The van der Waals surface area contributed by atoms with Crippen molar-refractivity contribution >= 4 is 27.6 Å². The van der Waals surface area contributed by atoms with E-state index in [9.17, 15) is 4.79 Å². The summed E-state index contributed by atoms with van der Waals surface area (Å²) in [6, 6.07) is 18.7. The van der Waals surface area contributed by atoms with Crippen LogP contribution in [0.2, 0.25) is 0 Å². The smallest absolute Gasteiger partial charge is 0.355 e. The molecule has 0 radical (unpaired) electrons. The van der Waals surface area contributed by atoms with E-state index in [1.807, 2.05) is 49.8 Å². The van der Waals surface area contributed by atoms with Gasteiger partial charge in [-0.3, -0.25) is 4.68 Å². The number of aryl methyl sites for hydroxylation is 5. The van der Waals surface area contributed by atoms with Crippen molar-refractivity contribution in [1.82, 2.24) is 14.3 Å². The third-order valence-electron chi connectivity index (χ3n) is 8.08. The van der Waals surface area contributed by atoms with E-state index in [0.29, 0.717) is 45.1 Å². The van der Waals surface area contributed by atoms with Crippen LogP contribution in [-0.4, -0.2) is 40.1 Å². The standard InChI is InChI=1S/C34H37N3O4/c1-5-40-34(38)33-26(14-9-20-41-29-15-8-12-24-11-6-7-13-25(24)29)27-17-16-22(2)30-31-23(3)35-36(4)28(31)21-39-19-10-18-37(33)32(27)30/h6-8,11-13,15-17H,5,9-10,14,18-21H2,1-4H3. The van der Waals surface area contributed by atoms with Gasteiger partial charge in [0.2, 0.25) is 0 Å². The molecule has 3 heterocycles. The molecule has 1 aliphatic rings. The lowest BCUT2D eigenvalue weighted by atomic mass is 9.94. The van der Waals surface area contributed by atoms with E-state index < -0.39 is 0 Å². The normalized spacial score (nSPS) is 13.4. The molecule has 0 saturated heterocycles. The summed E-state index contributed by atoms with van der Waals surface area (Å²) in [6.07, 6.45) is 2.25. The molecule has 0 saturated carbocycles.